The van der Waals surface area contributed by atoms with Crippen molar-refractivity contribution in [3.05, 3.63) is 27.0 Å². The van der Waals surface area contributed by atoms with Crippen LogP contribution in [0, 0.1) is 6.92 Å². The van der Waals surface area contributed by atoms with Gasteiger partial charge in [-0.3, -0.25) is 9.59 Å². The third-order valence-electron chi connectivity index (χ3n) is 3.29. The second-order valence-electron chi connectivity index (χ2n) is 6.65. The Morgan fingerprint density at radius 1 is 1.28 bits per heavy atom. The van der Waals surface area contributed by atoms with E-state index in [1.807, 2.05) is 46.8 Å². The molecule has 0 bridgehead atoms. The van der Waals surface area contributed by atoms with E-state index in [-0.39, 0.29) is 23.9 Å². The van der Waals surface area contributed by atoms with Crippen LogP contribution < -0.4 is 5.32 Å². The monoisotopic (exact) mass is 399 g/mol. The van der Waals surface area contributed by atoms with E-state index in [0.29, 0.717) is 21.5 Å². The summed E-state index contributed by atoms with van der Waals surface area (Å²) in [5.74, 6) is -0.342. The zero-order chi connectivity index (χ0) is 18.8. The lowest BCUT2D eigenvalue weighted by atomic mass is 10.1. The van der Waals surface area contributed by atoms with Crippen molar-refractivity contribution in [3.8, 4) is 9.88 Å². The molecule has 0 fully saturated rings. The van der Waals surface area contributed by atoms with Crippen LogP contribution in [0.4, 0.5) is 0 Å². The molecule has 0 aromatic carbocycles. The van der Waals surface area contributed by atoms with E-state index in [9.17, 15) is 9.59 Å². The van der Waals surface area contributed by atoms with Crippen molar-refractivity contribution in [1.29, 1.82) is 0 Å². The molecule has 8 heteroatoms. The Morgan fingerprint density at radius 3 is 2.48 bits per heavy atom. The first-order valence-corrected chi connectivity index (χ1v) is 9.95. The van der Waals surface area contributed by atoms with Crippen molar-refractivity contribution >= 4 is 46.1 Å². The summed E-state index contributed by atoms with van der Waals surface area (Å²) in [5, 5.41) is 3.65. The number of aromatic nitrogens is 1. The fourth-order valence-electron chi connectivity index (χ4n) is 2.23. The highest BCUT2D eigenvalue weighted by Gasteiger charge is 2.24. The third-order valence-corrected chi connectivity index (χ3v) is 5.84. The summed E-state index contributed by atoms with van der Waals surface area (Å²) < 4.78 is 0.685. The molecule has 2 aromatic rings. The maximum Gasteiger partial charge on any atom is 0.266 e. The maximum atomic E-state index is 12.8. The summed E-state index contributed by atoms with van der Waals surface area (Å²) in [7, 11) is 0. The van der Waals surface area contributed by atoms with Crippen LogP contribution in [-0.4, -0.2) is 40.3 Å². The summed E-state index contributed by atoms with van der Waals surface area (Å²) in [5.41, 5.74) is 0.343. The van der Waals surface area contributed by atoms with Crippen LogP contribution in [0.2, 0.25) is 4.34 Å². The van der Waals surface area contributed by atoms with Gasteiger partial charge in [0.2, 0.25) is 5.91 Å². The van der Waals surface area contributed by atoms with E-state index in [0.717, 1.165) is 9.88 Å². The van der Waals surface area contributed by atoms with Crippen molar-refractivity contribution in [3.63, 3.8) is 0 Å². The number of hydrogen-bond donors (Lipinski definition) is 1. The van der Waals surface area contributed by atoms with Crippen LogP contribution in [0.15, 0.2) is 12.1 Å². The molecule has 0 aliphatic carbocycles. The summed E-state index contributed by atoms with van der Waals surface area (Å²) >= 11 is 8.74. The summed E-state index contributed by atoms with van der Waals surface area (Å²) in [6, 6.07) is 3.71. The van der Waals surface area contributed by atoms with Gasteiger partial charge >= 0.3 is 0 Å². The Kier molecular flexibility index (Phi) is 6.24. The number of carbonyl (C=O) groups is 2. The quantitative estimate of drug-likeness (QED) is 0.819. The summed E-state index contributed by atoms with van der Waals surface area (Å²) in [6.07, 6.45) is 0. The lowest BCUT2D eigenvalue weighted by molar-refractivity contribution is -0.123. The van der Waals surface area contributed by atoms with Gasteiger partial charge in [-0.25, -0.2) is 4.98 Å². The Labute approximate surface area is 161 Å². The number of amides is 2. The van der Waals surface area contributed by atoms with Crippen LogP contribution in [0.1, 0.15) is 43.1 Å². The molecule has 2 heterocycles. The van der Waals surface area contributed by atoms with Gasteiger partial charge in [0.25, 0.3) is 5.91 Å². The largest absolute Gasteiger partial charge is 0.350 e. The number of nitrogens with one attached hydrogen (secondary N) is 1. The zero-order valence-electron chi connectivity index (χ0n) is 15.0. The number of likely N-dealkylation sites (N-methyl/N-ethyl adjacent to an activating group) is 1. The van der Waals surface area contributed by atoms with Gasteiger partial charge in [-0.2, -0.15) is 0 Å². The first-order valence-electron chi connectivity index (χ1n) is 7.94. The topological polar surface area (TPSA) is 62.3 Å². The number of halogens is 1. The van der Waals surface area contributed by atoms with Crippen molar-refractivity contribution in [2.75, 3.05) is 13.1 Å². The summed E-state index contributed by atoms with van der Waals surface area (Å²) in [4.78, 5) is 32.5. The highest BCUT2D eigenvalue weighted by Crippen LogP contribution is 2.35. The molecule has 0 saturated carbocycles. The Morgan fingerprint density at radius 2 is 1.96 bits per heavy atom. The fraction of sp³-hybridized carbons (Fsp3) is 0.471. The van der Waals surface area contributed by atoms with E-state index in [1.54, 1.807) is 0 Å². The van der Waals surface area contributed by atoms with Crippen molar-refractivity contribution < 1.29 is 9.59 Å². The Hall–Kier alpha value is -1.44. The third kappa shape index (κ3) is 5.26. The SMILES string of the molecule is CCN(CC(=O)NC(C)(C)C)C(=O)c1sc(-c2ccc(Cl)s2)nc1C. The second-order valence-corrected chi connectivity index (χ2v) is 9.37. The van der Waals surface area contributed by atoms with Gasteiger partial charge in [-0.1, -0.05) is 11.6 Å². The van der Waals surface area contributed by atoms with Gasteiger partial charge in [0.15, 0.2) is 0 Å². The molecule has 25 heavy (non-hydrogen) atoms. The predicted octanol–water partition coefficient (Wildman–Crippen LogP) is 4.21. The standard InChI is InChI=1S/C17H22ClN3O2S2/c1-6-21(9-13(22)20-17(3,4)5)16(23)14-10(2)19-15(25-14)11-7-8-12(18)24-11/h7-8H,6,9H2,1-5H3,(H,20,22). The molecular formula is C17H22ClN3O2S2. The van der Waals surface area contributed by atoms with Gasteiger partial charge in [-0.15, -0.1) is 22.7 Å². The number of carbonyl (C=O) groups excluding carboxylic acids is 2. The highest BCUT2D eigenvalue weighted by molar-refractivity contribution is 7.24. The first kappa shape index (κ1) is 19.9. The van der Waals surface area contributed by atoms with Crippen LogP contribution in [0.3, 0.4) is 0 Å². The number of nitrogens with zero attached hydrogens (tertiary/aromatic N) is 2. The lowest BCUT2D eigenvalue weighted by Crippen LogP contribution is -2.47. The van der Waals surface area contributed by atoms with Crippen LogP contribution >= 0.6 is 34.3 Å². The zero-order valence-corrected chi connectivity index (χ0v) is 17.4. The summed E-state index contributed by atoms with van der Waals surface area (Å²) in [6.45, 7) is 9.89. The molecule has 0 unspecified atom stereocenters. The second kappa shape index (κ2) is 7.85. The average molecular weight is 400 g/mol. The first-order chi connectivity index (χ1) is 11.6. The molecule has 136 valence electrons. The van der Waals surface area contributed by atoms with Crippen LogP contribution in [0.25, 0.3) is 9.88 Å². The minimum atomic E-state index is -0.328. The molecule has 0 saturated heterocycles. The van der Waals surface area contributed by atoms with E-state index < -0.39 is 0 Å². The number of rotatable bonds is 5. The van der Waals surface area contributed by atoms with E-state index in [1.165, 1.54) is 27.6 Å². The Bertz CT molecular complexity index is 777. The van der Waals surface area contributed by atoms with E-state index in [4.69, 9.17) is 11.6 Å². The van der Waals surface area contributed by atoms with E-state index in [2.05, 4.69) is 10.3 Å². The number of hydrogen-bond acceptors (Lipinski definition) is 5. The Balaban J connectivity index is 2.17. The number of thiophene rings is 1. The average Bonchev–Trinajstić information content (AvgIpc) is 3.08. The molecule has 1 N–H and O–H groups in total. The van der Waals surface area contributed by atoms with Gasteiger partial charge in [0, 0.05) is 12.1 Å². The van der Waals surface area contributed by atoms with Gasteiger partial charge in [0.05, 0.1) is 21.5 Å². The minimum absolute atomic E-state index is 0.0319. The molecule has 2 amide bonds. The fourth-order valence-corrected chi connectivity index (χ4v) is 4.36. The molecule has 0 radical (unpaired) electrons. The molecule has 2 aromatic heterocycles. The molecule has 2 rings (SSSR count). The molecule has 0 spiro atoms. The smallest absolute Gasteiger partial charge is 0.266 e. The van der Waals surface area contributed by atoms with Crippen LogP contribution in [-0.2, 0) is 4.79 Å². The lowest BCUT2D eigenvalue weighted by Gasteiger charge is -2.24. The van der Waals surface area contributed by atoms with Gasteiger partial charge in [-0.05, 0) is 46.8 Å². The van der Waals surface area contributed by atoms with Crippen molar-refractivity contribution in [1.82, 2.24) is 15.2 Å². The van der Waals surface area contributed by atoms with Gasteiger partial charge < -0.3 is 10.2 Å². The number of thiazole rings is 1. The van der Waals surface area contributed by atoms with E-state index >= 15 is 0 Å². The number of aryl methyl sites for hydroxylation is 1. The molecule has 0 aliphatic heterocycles. The highest BCUT2D eigenvalue weighted by atomic mass is 35.5. The predicted molar refractivity (Wildman–Crippen MR) is 105 cm³/mol. The maximum absolute atomic E-state index is 12.8. The van der Waals surface area contributed by atoms with Crippen molar-refractivity contribution in [2.24, 2.45) is 0 Å². The molecule has 0 aliphatic rings. The normalized spacial score (nSPS) is 11.4. The molecule has 5 nitrogen and oxygen atoms in total. The van der Waals surface area contributed by atoms with Crippen LogP contribution in [0.5, 0.6) is 0 Å². The molecule has 0 atom stereocenters. The van der Waals surface area contributed by atoms with Crippen molar-refractivity contribution in [2.45, 2.75) is 40.2 Å². The molecular weight excluding hydrogens is 378 g/mol. The minimum Gasteiger partial charge on any atom is -0.350 e. The van der Waals surface area contributed by atoms with Gasteiger partial charge in [0.1, 0.15) is 9.88 Å².